The summed E-state index contributed by atoms with van der Waals surface area (Å²) in [5.41, 5.74) is 5.88. The van der Waals surface area contributed by atoms with Crippen LogP contribution in [0.1, 0.15) is 38.5 Å². The Bertz CT molecular complexity index is 236. The molecular weight excluding hydrogens is 228 g/mol. The smallest absolute Gasteiger partial charge is 0.0697 e. The van der Waals surface area contributed by atoms with E-state index in [2.05, 4.69) is 4.90 Å². The molecule has 0 bridgehead atoms. The van der Waals surface area contributed by atoms with Gasteiger partial charge in [0.1, 0.15) is 0 Å². The van der Waals surface area contributed by atoms with Crippen LogP contribution in [0, 0.1) is 0 Å². The normalized spacial score (nSPS) is 26.5. The van der Waals surface area contributed by atoms with E-state index < -0.39 is 0 Å². The van der Waals surface area contributed by atoms with Crippen LogP contribution in [0.5, 0.6) is 0 Å². The van der Waals surface area contributed by atoms with Gasteiger partial charge >= 0.3 is 0 Å². The van der Waals surface area contributed by atoms with Gasteiger partial charge in [-0.25, -0.2) is 0 Å². The Kier molecular flexibility index (Phi) is 5.42. The summed E-state index contributed by atoms with van der Waals surface area (Å²) in [6, 6.07) is 0.667. The van der Waals surface area contributed by atoms with Crippen LogP contribution in [0.3, 0.4) is 0 Å². The summed E-state index contributed by atoms with van der Waals surface area (Å²) in [4.78, 5) is 2.57. The Labute approximate surface area is 111 Å². The van der Waals surface area contributed by atoms with Crippen molar-refractivity contribution in [2.75, 3.05) is 40.0 Å². The standard InChI is InChI=1S/C14H28N2O2/c1-17-11-9-16(8-3-7-15)13-4-10-18-14(12-13)5-2-6-14/h13H,2-12,15H2,1H3. The molecule has 4 heteroatoms. The number of rotatable bonds is 7. The van der Waals surface area contributed by atoms with Gasteiger partial charge in [0.25, 0.3) is 0 Å². The van der Waals surface area contributed by atoms with Gasteiger partial charge in [0.15, 0.2) is 0 Å². The van der Waals surface area contributed by atoms with Gasteiger partial charge in [-0.3, -0.25) is 4.90 Å². The first-order valence-corrected chi connectivity index (χ1v) is 7.37. The van der Waals surface area contributed by atoms with E-state index in [1.165, 1.54) is 25.7 Å². The maximum atomic E-state index is 6.01. The van der Waals surface area contributed by atoms with E-state index in [-0.39, 0.29) is 5.60 Å². The summed E-state index contributed by atoms with van der Waals surface area (Å²) in [5, 5.41) is 0. The van der Waals surface area contributed by atoms with Crippen LogP contribution in [0.4, 0.5) is 0 Å². The van der Waals surface area contributed by atoms with Crippen molar-refractivity contribution in [3.8, 4) is 0 Å². The van der Waals surface area contributed by atoms with E-state index in [0.717, 1.165) is 45.7 Å². The molecule has 0 aromatic carbocycles. The number of nitrogens with zero attached hydrogens (tertiary/aromatic N) is 1. The maximum absolute atomic E-state index is 6.01. The molecule has 1 aliphatic heterocycles. The van der Waals surface area contributed by atoms with Crippen molar-refractivity contribution in [2.24, 2.45) is 5.73 Å². The van der Waals surface area contributed by atoms with Gasteiger partial charge in [-0.15, -0.1) is 0 Å². The fourth-order valence-electron chi connectivity index (χ4n) is 3.21. The van der Waals surface area contributed by atoms with Gasteiger partial charge in [0.2, 0.25) is 0 Å². The Morgan fingerprint density at radius 3 is 2.83 bits per heavy atom. The third-order valence-electron chi connectivity index (χ3n) is 4.48. The van der Waals surface area contributed by atoms with E-state index in [0.29, 0.717) is 6.04 Å². The zero-order valence-corrected chi connectivity index (χ0v) is 11.7. The molecule has 2 N–H and O–H groups in total. The lowest BCUT2D eigenvalue weighted by Gasteiger charge is -2.49. The predicted molar refractivity (Wildman–Crippen MR) is 72.7 cm³/mol. The Balaban J connectivity index is 1.86. The van der Waals surface area contributed by atoms with Crippen molar-refractivity contribution >= 4 is 0 Å². The molecule has 1 aliphatic carbocycles. The number of methoxy groups -OCH3 is 1. The molecule has 1 atom stereocenters. The topological polar surface area (TPSA) is 47.7 Å². The molecule has 1 heterocycles. The minimum atomic E-state index is 0.233. The van der Waals surface area contributed by atoms with Gasteiger partial charge in [0.05, 0.1) is 12.2 Å². The van der Waals surface area contributed by atoms with Crippen LogP contribution >= 0.6 is 0 Å². The second kappa shape index (κ2) is 6.85. The molecule has 0 aromatic heterocycles. The minimum absolute atomic E-state index is 0.233. The van der Waals surface area contributed by atoms with Crippen LogP contribution in [0.15, 0.2) is 0 Å². The fourth-order valence-corrected chi connectivity index (χ4v) is 3.21. The number of nitrogens with two attached hydrogens (primary N) is 1. The summed E-state index contributed by atoms with van der Waals surface area (Å²) in [6.07, 6.45) is 7.32. The van der Waals surface area contributed by atoms with Gasteiger partial charge in [-0.1, -0.05) is 0 Å². The van der Waals surface area contributed by atoms with Crippen molar-refractivity contribution in [1.29, 1.82) is 0 Å². The number of hydrogen-bond donors (Lipinski definition) is 1. The summed E-state index contributed by atoms with van der Waals surface area (Å²) < 4.78 is 11.2. The Hall–Kier alpha value is -0.160. The summed E-state index contributed by atoms with van der Waals surface area (Å²) in [6.45, 7) is 4.64. The lowest BCUT2D eigenvalue weighted by atomic mass is 9.73. The molecule has 2 fully saturated rings. The molecule has 1 saturated heterocycles. The summed E-state index contributed by atoms with van der Waals surface area (Å²) >= 11 is 0. The predicted octanol–water partition coefficient (Wildman–Crippen LogP) is 1.39. The van der Waals surface area contributed by atoms with E-state index in [1.807, 2.05) is 0 Å². The van der Waals surface area contributed by atoms with Crippen molar-refractivity contribution in [2.45, 2.75) is 50.2 Å². The molecule has 2 aliphatic rings. The van der Waals surface area contributed by atoms with Gasteiger partial charge in [-0.2, -0.15) is 0 Å². The van der Waals surface area contributed by atoms with E-state index in [4.69, 9.17) is 15.2 Å². The SMILES string of the molecule is COCCN(CCCN)C1CCOC2(CCC2)C1. The van der Waals surface area contributed by atoms with E-state index in [9.17, 15) is 0 Å². The first-order chi connectivity index (χ1) is 8.79. The van der Waals surface area contributed by atoms with Crippen molar-refractivity contribution in [3.63, 3.8) is 0 Å². The zero-order chi connectivity index (χ0) is 12.8. The molecule has 106 valence electrons. The number of hydrogen-bond acceptors (Lipinski definition) is 4. The summed E-state index contributed by atoms with van der Waals surface area (Å²) in [7, 11) is 1.78. The highest BCUT2D eigenvalue weighted by atomic mass is 16.5. The Morgan fingerprint density at radius 1 is 1.39 bits per heavy atom. The molecule has 18 heavy (non-hydrogen) atoms. The average molecular weight is 256 g/mol. The molecule has 4 nitrogen and oxygen atoms in total. The van der Waals surface area contributed by atoms with Crippen LogP contribution in [0.25, 0.3) is 0 Å². The molecule has 1 unspecified atom stereocenters. The van der Waals surface area contributed by atoms with Crippen LogP contribution in [-0.4, -0.2) is 56.5 Å². The van der Waals surface area contributed by atoms with E-state index in [1.54, 1.807) is 7.11 Å². The van der Waals surface area contributed by atoms with Crippen molar-refractivity contribution in [1.82, 2.24) is 4.90 Å². The molecule has 1 spiro atoms. The van der Waals surface area contributed by atoms with E-state index >= 15 is 0 Å². The summed E-state index contributed by atoms with van der Waals surface area (Å²) in [5.74, 6) is 0. The van der Waals surface area contributed by atoms with Crippen LogP contribution < -0.4 is 5.73 Å². The lowest BCUT2D eigenvalue weighted by Crippen LogP contribution is -2.52. The van der Waals surface area contributed by atoms with Gasteiger partial charge in [0, 0.05) is 26.3 Å². The molecule has 2 rings (SSSR count). The molecule has 1 saturated carbocycles. The number of ether oxygens (including phenoxy) is 2. The van der Waals surface area contributed by atoms with Gasteiger partial charge in [-0.05, 0) is 51.6 Å². The quantitative estimate of drug-likeness (QED) is 0.748. The minimum Gasteiger partial charge on any atom is -0.383 e. The monoisotopic (exact) mass is 256 g/mol. The van der Waals surface area contributed by atoms with Crippen LogP contribution in [-0.2, 0) is 9.47 Å². The second-order valence-electron chi connectivity index (χ2n) is 5.70. The average Bonchev–Trinajstić information content (AvgIpc) is 2.37. The zero-order valence-electron chi connectivity index (χ0n) is 11.7. The first kappa shape index (κ1) is 14.3. The Morgan fingerprint density at radius 2 is 2.22 bits per heavy atom. The largest absolute Gasteiger partial charge is 0.383 e. The van der Waals surface area contributed by atoms with Crippen molar-refractivity contribution < 1.29 is 9.47 Å². The highest BCUT2D eigenvalue weighted by Gasteiger charge is 2.43. The molecule has 0 amide bonds. The third kappa shape index (κ3) is 3.44. The van der Waals surface area contributed by atoms with Crippen molar-refractivity contribution in [3.05, 3.63) is 0 Å². The second-order valence-corrected chi connectivity index (χ2v) is 5.70. The fraction of sp³-hybridized carbons (Fsp3) is 1.00. The molecular formula is C14H28N2O2. The highest BCUT2D eigenvalue weighted by Crippen LogP contribution is 2.43. The molecule has 0 aromatic rings. The lowest BCUT2D eigenvalue weighted by molar-refractivity contribution is -0.149. The first-order valence-electron chi connectivity index (χ1n) is 7.37. The van der Waals surface area contributed by atoms with Crippen LogP contribution in [0.2, 0.25) is 0 Å². The third-order valence-corrected chi connectivity index (χ3v) is 4.48. The molecule has 0 radical (unpaired) electrons. The van der Waals surface area contributed by atoms with Gasteiger partial charge < -0.3 is 15.2 Å². The maximum Gasteiger partial charge on any atom is 0.0697 e. The highest BCUT2D eigenvalue weighted by molar-refractivity contribution is 4.96.